The van der Waals surface area contributed by atoms with E-state index in [0.717, 1.165) is 0 Å². The van der Waals surface area contributed by atoms with Gasteiger partial charge in [0.2, 0.25) is 0 Å². The zero-order valence-electron chi connectivity index (χ0n) is 8.31. The summed E-state index contributed by atoms with van der Waals surface area (Å²) in [7, 11) is 0. The minimum absolute atomic E-state index is 0.555. The maximum absolute atomic E-state index is 3.19. The summed E-state index contributed by atoms with van der Waals surface area (Å²) in [6.07, 6.45) is 4.09. The zero-order valence-corrected chi connectivity index (χ0v) is 8.31. The molecule has 0 amide bonds. The SMILES string of the molecule is CC(C)C1=C(C(C)C)NNC=C1. The molecular weight excluding hydrogens is 148 g/mol. The lowest BCUT2D eigenvalue weighted by Crippen LogP contribution is -2.33. The second-order valence-corrected chi connectivity index (χ2v) is 3.78. The lowest BCUT2D eigenvalue weighted by atomic mass is 9.95. The van der Waals surface area contributed by atoms with Gasteiger partial charge in [0.1, 0.15) is 0 Å². The van der Waals surface area contributed by atoms with Crippen LogP contribution in [-0.4, -0.2) is 0 Å². The van der Waals surface area contributed by atoms with Crippen LogP contribution in [0.25, 0.3) is 0 Å². The Morgan fingerprint density at radius 2 is 1.75 bits per heavy atom. The predicted molar refractivity (Wildman–Crippen MR) is 52.1 cm³/mol. The molecule has 0 bridgehead atoms. The van der Waals surface area contributed by atoms with E-state index < -0.39 is 0 Å². The third kappa shape index (κ3) is 1.81. The lowest BCUT2D eigenvalue weighted by Gasteiger charge is -2.23. The minimum Gasteiger partial charge on any atom is -0.308 e. The fourth-order valence-corrected chi connectivity index (χ4v) is 1.39. The summed E-state index contributed by atoms with van der Waals surface area (Å²) in [4.78, 5) is 0. The standard InChI is InChI=1S/C10H18N2/c1-7(2)9-5-6-11-12-10(9)8(3)4/h5-8,11-12H,1-4H3. The Bertz CT molecular complexity index is 212. The maximum Gasteiger partial charge on any atom is 0.0374 e. The molecule has 2 nitrogen and oxygen atoms in total. The van der Waals surface area contributed by atoms with Crippen molar-refractivity contribution in [3.8, 4) is 0 Å². The van der Waals surface area contributed by atoms with Gasteiger partial charge in [0, 0.05) is 11.9 Å². The van der Waals surface area contributed by atoms with Gasteiger partial charge in [-0.25, -0.2) is 0 Å². The molecule has 1 rings (SSSR count). The van der Waals surface area contributed by atoms with Crippen molar-refractivity contribution in [2.24, 2.45) is 11.8 Å². The molecule has 0 atom stereocenters. The van der Waals surface area contributed by atoms with E-state index in [0.29, 0.717) is 11.8 Å². The largest absolute Gasteiger partial charge is 0.308 e. The van der Waals surface area contributed by atoms with E-state index in [9.17, 15) is 0 Å². The van der Waals surface area contributed by atoms with Crippen molar-refractivity contribution in [3.63, 3.8) is 0 Å². The van der Waals surface area contributed by atoms with Crippen LogP contribution in [0.5, 0.6) is 0 Å². The molecule has 0 aromatic carbocycles. The maximum atomic E-state index is 3.19. The van der Waals surface area contributed by atoms with Crippen molar-refractivity contribution in [2.45, 2.75) is 27.7 Å². The van der Waals surface area contributed by atoms with Gasteiger partial charge in [0.15, 0.2) is 0 Å². The molecule has 1 aliphatic rings. The van der Waals surface area contributed by atoms with Gasteiger partial charge in [-0.05, 0) is 23.5 Å². The van der Waals surface area contributed by atoms with E-state index in [4.69, 9.17) is 0 Å². The molecule has 0 fully saturated rings. The van der Waals surface area contributed by atoms with Gasteiger partial charge in [0.25, 0.3) is 0 Å². The van der Waals surface area contributed by atoms with Crippen LogP contribution in [0.1, 0.15) is 27.7 Å². The highest BCUT2D eigenvalue weighted by atomic mass is 15.4. The molecule has 2 N–H and O–H groups in total. The Hall–Kier alpha value is -0.920. The van der Waals surface area contributed by atoms with Gasteiger partial charge < -0.3 is 10.9 Å². The lowest BCUT2D eigenvalue weighted by molar-refractivity contribution is 0.574. The predicted octanol–water partition coefficient (Wildman–Crippen LogP) is 2.17. The van der Waals surface area contributed by atoms with Crippen LogP contribution in [0, 0.1) is 11.8 Å². The Balaban J connectivity index is 2.92. The highest BCUT2D eigenvalue weighted by Crippen LogP contribution is 2.21. The molecule has 1 heterocycles. The van der Waals surface area contributed by atoms with Crippen LogP contribution >= 0.6 is 0 Å². The van der Waals surface area contributed by atoms with Crippen molar-refractivity contribution in [3.05, 3.63) is 23.5 Å². The van der Waals surface area contributed by atoms with E-state index in [1.165, 1.54) is 11.3 Å². The molecule has 0 unspecified atom stereocenters. The van der Waals surface area contributed by atoms with Crippen LogP contribution in [0.15, 0.2) is 23.5 Å². The summed E-state index contributed by atoms with van der Waals surface area (Å²) in [5.41, 5.74) is 8.92. The van der Waals surface area contributed by atoms with Gasteiger partial charge in [-0.1, -0.05) is 27.7 Å². The highest BCUT2D eigenvalue weighted by Gasteiger charge is 2.13. The second kappa shape index (κ2) is 3.65. The summed E-state index contributed by atoms with van der Waals surface area (Å²) in [5.74, 6) is 1.15. The van der Waals surface area contributed by atoms with Crippen LogP contribution < -0.4 is 10.9 Å². The molecule has 12 heavy (non-hydrogen) atoms. The zero-order chi connectivity index (χ0) is 9.14. The first kappa shape index (κ1) is 9.17. The van der Waals surface area contributed by atoms with Crippen LogP contribution in [0.4, 0.5) is 0 Å². The number of rotatable bonds is 2. The Labute approximate surface area is 74.7 Å². The first-order chi connectivity index (χ1) is 5.63. The first-order valence-electron chi connectivity index (χ1n) is 4.55. The van der Waals surface area contributed by atoms with Crippen molar-refractivity contribution >= 4 is 0 Å². The molecule has 0 aromatic heterocycles. The quantitative estimate of drug-likeness (QED) is 0.657. The molecule has 2 heteroatoms. The monoisotopic (exact) mass is 166 g/mol. The number of nitrogens with one attached hydrogen (secondary N) is 2. The van der Waals surface area contributed by atoms with E-state index in [1.54, 1.807) is 0 Å². The summed E-state index contributed by atoms with van der Waals surface area (Å²) < 4.78 is 0. The third-order valence-electron chi connectivity index (χ3n) is 2.06. The van der Waals surface area contributed by atoms with Crippen LogP contribution in [0.2, 0.25) is 0 Å². The highest BCUT2D eigenvalue weighted by molar-refractivity contribution is 5.29. The third-order valence-corrected chi connectivity index (χ3v) is 2.06. The van der Waals surface area contributed by atoms with Crippen molar-refractivity contribution in [1.29, 1.82) is 0 Å². The van der Waals surface area contributed by atoms with E-state index in [2.05, 4.69) is 44.6 Å². The summed E-state index contributed by atoms with van der Waals surface area (Å²) in [6, 6.07) is 0. The van der Waals surface area contributed by atoms with Gasteiger partial charge in [-0.3, -0.25) is 0 Å². The van der Waals surface area contributed by atoms with Crippen LogP contribution in [0.3, 0.4) is 0 Å². The molecule has 0 aliphatic carbocycles. The Kier molecular flexibility index (Phi) is 2.79. The Morgan fingerprint density at radius 3 is 2.17 bits per heavy atom. The van der Waals surface area contributed by atoms with E-state index in [1.807, 2.05) is 6.20 Å². The summed E-state index contributed by atoms with van der Waals surface area (Å²) >= 11 is 0. The normalized spacial score (nSPS) is 16.8. The van der Waals surface area contributed by atoms with Crippen molar-refractivity contribution < 1.29 is 0 Å². The van der Waals surface area contributed by atoms with Crippen molar-refractivity contribution in [2.75, 3.05) is 0 Å². The molecule has 0 aromatic rings. The fraction of sp³-hybridized carbons (Fsp3) is 0.600. The van der Waals surface area contributed by atoms with Gasteiger partial charge >= 0.3 is 0 Å². The van der Waals surface area contributed by atoms with Gasteiger partial charge in [-0.2, -0.15) is 0 Å². The number of allylic oxidation sites excluding steroid dienone is 3. The Morgan fingerprint density at radius 1 is 1.08 bits per heavy atom. The van der Waals surface area contributed by atoms with Crippen LogP contribution in [-0.2, 0) is 0 Å². The van der Waals surface area contributed by atoms with Crippen molar-refractivity contribution in [1.82, 2.24) is 10.9 Å². The van der Waals surface area contributed by atoms with E-state index >= 15 is 0 Å². The summed E-state index contributed by atoms with van der Waals surface area (Å²) in [5, 5.41) is 0. The molecule has 0 radical (unpaired) electrons. The number of hydrogen-bond acceptors (Lipinski definition) is 2. The molecular formula is C10H18N2. The molecule has 1 aliphatic heterocycles. The second-order valence-electron chi connectivity index (χ2n) is 3.78. The average molecular weight is 166 g/mol. The molecule has 0 spiro atoms. The number of hydrogen-bond donors (Lipinski definition) is 2. The van der Waals surface area contributed by atoms with Gasteiger partial charge in [0.05, 0.1) is 0 Å². The van der Waals surface area contributed by atoms with E-state index in [-0.39, 0.29) is 0 Å². The molecule has 68 valence electrons. The number of hydrazine groups is 1. The smallest absolute Gasteiger partial charge is 0.0374 e. The molecule has 0 saturated carbocycles. The van der Waals surface area contributed by atoms with Gasteiger partial charge in [-0.15, -0.1) is 0 Å². The minimum atomic E-state index is 0.555. The first-order valence-corrected chi connectivity index (χ1v) is 4.55. The fourth-order valence-electron chi connectivity index (χ4n) is 1.39. The topological polar surface area (TPSA) is 24.1 Å². The molecule has 0 saturated heterocycles. The summed E-state index contributed by atoms with van der Waals surface area (Å²) in [6.45, 7) is 8.83. The average Bonchev–Trinajstić information content (AvgIpc) is 2.04.